The van der Waals surface area contributed by atoms with E-state index in [9.17, 15) is 4.79 Å². The number of thiazole rings is 1. The lowest BCUT2D eigenvalue weighted by molar-refractivity contribution is 0.1000. The van der Waals surface area contributed by atoms with E-state index < -0.39 is 0 Å². The number of rotatable bonds is 4. The SMILES string of the molecule is COc1ccc2nc(Nc3sc4c(c3C(N)=O)CC[C@H](C)C4)sc2c1. The summed E-state index contributed by atoms with van der Waals surface area (Å²) in [5.74, 6) is 1.09. The van der Waals surface area contributed by atoms with E-state index in [0.29, 0.717) is 11.5 Å². The molecule has 0 aliphatic heterocycles. The third-order valence-corrected chi connectivity index (χ3v) is 6.68. The van der Waals surface area contributed by atoms with Gasteiger partial charge in [-0.25, -0.2) is 4.98 Å². The largest absolute Gasteiger partial charge is 0.497 e. The summed E-state index contributed by atoms with van der Waals surface area (Å²) in [5.41, 5.74) is 8.35. The number of nitrogens with two attached hydrogens (primary N) is 1. The van der Waals surface area contributed by atoms with E-state index in [1.807, 2.05) is 18.2 Å². The zero-order valence-electron chi connectivity index (χ0n) is 14.1. The number of thiophene rings is 1. The summed E-state index contributed by atoms with van der Waals surface area (Å²) in [6.45, 7) is 2.25. The highest BCUT2D eigenvalue weighted by atomic mass is 32.1. The van der Waals surface area contributed by atoms with Gasteiger partial charge < -0.3 is 15.8 Å². The Kier molecular flexibility index (Phi) is 4.13. The number of carbonyl (C=O) groups is 1. The van der Waals surface area contributed by atoms with Gasteiger partial charge in [-0.3, -0.25) is 4.79 Å². The van der Waals surface area contributed by atoms with Gasteiger partial charge in [0.1, 0.15) is 10.8 Å². The Morgan fingerprint density at radius 2 is 2.24 bits per heavy atom. The van der Waals surface area contributed by atoms with Crippen LogP contribution in [-0.2, 0) is 12.8 Å². The van der Waals surface area contributed by atoms with Gasteiger partial charge in [0, 0.05) is 4.88 Å². The predicted molar refractivity (Wildman–Crippen MR) is 103 cm³/mol. The van der Waals surface area contributed by atoms with Gasteiger partial charge in [-0.15, -0.1) is 11.3 Å². The summed E-state index contributed by atoms with van der Waals surface area (Å²) in [4.78, 5) is 17.9. The topological polar surface area (TPSA) is 77.2 Å². The van der Waals surface area contributed by atoms with Crippen LogP contribution in [-0.4, -0.2) is 18.0 Å². The first-order chi connectivity index (χ1) is 12.0. The molecule has 1 amide bonds. The van der Waals surface area contributed by atoms with E-state index in [0.717, 1.165) is 50.9 Å². The van der Waals surface area contributed by atoms with Gasteiger partial charge in [-0.1, -0.05) is 18.3 Å². The number of nitrogens with zero attached hydrogens (tertiary/aromatic N) is 1. The van der Waals surface area contributed by atoms with Crippen molar-refractivity contribution in [3.63, 3.8) is 0 Å². The van der Waals surface area contributed by atoms with Gasteiger partial charge in [0.2, 0.25) is 0 Å². The second-order valence-corrected chi connectivity index (χ2v) is 8.53. The number of hydrogen-bond donors (Lipinski definition) is 2. The number of methoxy groups -OCH3 is 1. The van der Waals surface area contributed by atoms with Crippen molar-refractivity contribution in [3.8, 4) is 5.75 Å². The van der Waals surface area contributed by atoms with Crippen molar-refractivity contribution in [2.75, 3.05) is 12.4 Å². The van der Waals surface area contributed by atoms with E-state index in [2.05, 4.69) is 17.2 Å². The minimum absolute atomic E-state index is 0.364. The van der Waals surface area contributed by atoms with Crippen molar-refractivity contribution in [3.05, 3.63) is 34.2 Å². The number of benzene rings is 1. The molecule has 1 atom stereocenters. The summed E-state index contributed by atoms with van der Waals surface area (Å²) in [7, 11) is 1.65. The maximum absolute atomic E-state index is 12.0. The van der Waals surface area contributed by atoms with E-state index in [4.69, 9.17) is 10.5 Å². The lowest BCUT2D eigenvalue weighted by atomic mass is 9.88. The van der Waals surface area contributed by atoms with E-state index in [1.54, 1.807) is 29.8 Å². The monoisotopic (exact) mass is 373 g/mol. The molecule has 25 heavy (non-hydrogen) atoms. The van der Waals surface area contributed by atoms with Crippen LogP contribution >= 0.6 is 22.7 Å². The van der Waals surface area contributed by atoms with Crippen molar-refractivity contribution in [1.82, 2.24) is 4.98 Å². The molecular weight excluding hydrogens is 354 g/mol. The summed E-state index contributed by atoms with van der Waals surface area (Å²) < 4.78 is 6.30. The second-order valence-electron chi connectivity index (χ2n) is 6.40. The molecule has 130 valence electrons. The highest BCUT2D eigenvalue weighted by Gasteiger charge is 2.26. The Hall–Kier alpha value is -2.12. The molecule has 2 heterocycles. The summed E-state index contributed by atoms with van der Waals surface area (Å²) in [5, 5.41) is 4.92. The molecular formula is C18H19N3O2S2. The van der Waals surface area contributed by atoms with Crippen molar-refractivity contribution in [2.24, 2.45) is 11.7 Å². The average Bonchev–Trinajstić information content (AvgIpc) is 3.13. The van der Waals surface area contributed by atoms with Crippen molar-refractivity contribution < 1.29 is 9.53 Å². The van der Waals surface area contributed by atoms with Gasteiger partial charge in [-0.2, -0.15) is 0 Å². The minimum atomic E-state index is -0.364. The number of fused-ring (bicyclic) bond motifs is 2. The first-order valence-corrected chi connectivity index (χ1v) is 9.84. The number of nitrogens with one attached hydrogen (secondary N) is 1. The molecule has 1 aromatic carbocycles. The van der Waals surface area contributed by atoms with Crippen LogP contribution in [0.25, 0.3) is 10.2 Å². The Morgan fingerprint density at radius 1 is 1.40 bits per heavy atom. The van der Waals surface area contributed by atoms with Crippen LogP contribution in [0.4, 0.5) is 10.1 Å². The van der Waals surface area contributed by atoms with E-state index in [-0.39, 0.29) is 5.91 Å². The van der Waals surface area contributed by atoms with Crippen molar-refractivity contribution >= 4 is 48.9 Å². The van der Waals surface area contributed by atoms with Gasteiger partial charge in [0.05, 0.1) is 22.9 Å². The first kappa shape index (κ1) is 16.4. The number of ether oxygens (including phenoxy) is 1. The molecule has 0 radical (unpaired) electrons. The molecule has 4 rings (SSSR count). The van der Waals surface area contributed by atoms with Crippen LogP contribution in [0, 0.1) is 5.92 Å². The Labute approximate surface area is 153 Å². The van der Waals surface area contributed by atoms with Gasteiger partial charge >= 0.3 is 0 Å². The maximum atomic E-state index is 12.0. The number of carbonyl (C=O) groups excluding carboxylic acids is 1. The Bertz CT molecular complexity index is 961. The fourth-order valence-corrected chi connectivity index (χ4v) is 5.66. The Balaban J connectivity index is 1.72. The summed E-state index contributed by atoms with van der Waals surface area (Å²) in [6, 6.07) is 5.80. The quantitative estimate of drug-likeness (QED) is 0.713. The third kappa shape index (κ3) is 2.98. The van der Waals surface area contributed by atoms with E-state index >= 15 is 0 Å². The van der Waals surface area contributed by atoms with Crippen LogP contribution in [0.3, 0.4) is 0 Å². The number of aromatic nitrogens is 1. The van der Waals surface area contributed by atoms with Crippen LogP contribution < -0.4 is 15.8 Å². The van der Waals surface area contributed by atoms with Gasteiger partial charge in [0.25, 0.3) is 5.91 Å². The molecule has 0 unspecified atom stereocenters. The fourth-order valence-electron chi connectivity index (χ4n) is 3.28. The lowest BCUT2D eigenvalue weighted by Gasteiger charge is -2.18. The summed E-state index contributed by atoms with van der Waals surface area (Å²) in [6.07, 6.45) is 3.04. The number of anilines is 2. The minimum Gasteiger partial charge on any atom is -0.497 e. The summed E-state index contributed by atoms with van der Waals surface area (Å²) >= 11 is 3.18. The predicted octanol–water partition coefficient (Wildman–Crippen LogP) is 4.33. The standard InChI is InChI=1S/C18H19N3O2S2/c1-9-3-5-11-13(7-9)24-17(15(11)16(19)22)21-18-20-12-6-4-10(23-2)8-14(12)25-18/h4,6,8-9H,3,5,7H2,1-2H3,(H2,19,22)(H,20,21)/t9-/m0/s1. The van der Waals surface area contributed by atoms with Crippen molar-refractivity contribution in [2.45, 2.75) is 26.2 Å². The smallest absolute Gasteiger partial charge is 0.251 e. The lowest BCUT2D eigenvalue weighted by Crippen LogP contribution is -2.17. The highest BCUT2D eigenvalue weighted by Crippen LogP contribution is 2.41. The molecule has 0 fully saturated rings. The molecule has 3 aromatic rings. The van der Waals surface area contributed by atoms with E-state index in [1.165, 1.54) is 4.88 Å². The normalized spacial score (nSPS) is 16.6. The molecule has 5 nitrogen and oxygen atoms in total. The molecule has 0 saturated carbocycles. The zero-order chi connectivity index (χ0) is 17.6. The maximum Gasteiger partial charge on any atom is 0.251 e. The van der Waals surface area contributed by atoms with Crippen molar-refractivity contribution in [1.29, 1.82) is 0 Å². The average molecular weight is 374 g/mol. The van der Waals surface area contributed by atoms with Crippen LogP contribution in [0.1, 0.15) is 34.1 Å². The van der Waals surface area contributed by atoms with Crippen LogP contribution in [0.5, 0.6) is 5.75 Å². The van der Waals surface area contributed by atoms with Gasteiger partial charge in [-0.05, 0) is 48.9 Å². The molecule has 3 N–H and O–H groups in total. The fraction of sp³-hybridized carbons (Fsp3) is 0.333. The molecule has 2 aromatic heterocycles. The Morgan fingerprint density at radius 3 is 3.00 bits per heavy atom. The van der Waals surface area contributed by atoms with Crippen LogP contribution in [0.2, 0.25) is 0 Å². The zero-order valence-corrected chi connectivity index (χ0v) is 15.7. The number of primary amides is 1. The molecule has 1 aliphatic rings. The molecule has 0 bridgehead atoms. The molecule has 1 aliphatic carbocycles. The van der Waals surface area contributed by atoms with Crippen LogP contribution in [0.15, 0.2) is 18.2 Å². The third-order valence-electron chi connectivity index (χ3n) is 4.57. The molecule has 0 spiro atoms. The van der Waals surface area contributed by atoms with Gasteiger partial charge in [0.15, 0.2) is 5.13 Å². The molecule has 0 saturated heterocycles. The number of hydrogen-bond acceptors (Lipinski definition) is 6. The second kappa shape index (κ2) is 6.31. The molecule has 7 heteroatoms. The first-order valence-electron chi connectivity index (χ1n) is 8.21. The number of amides is 1. The highest BCUT2D eigenvalue weighted by molar-refractivity contribution is 7.23.